The van der Waals surface area contributed by atoms with Gasteiger partial charge in [-0.1, -0.05) is 42.8 Å². The lowest BCUT2D eigenvalue weighted by molar-refractivity contribution is -0.118. The third kappa shape index (κ3) is 7.42. The fraction of sp³-hybridized carbons (Fsp3) is 0.407. The van der Waals surface area contributed by atoms with E-state index in [2.05, 4.69) is 24.2 Å². The molecule has 1 atom stereocenters. The number of allylic oxidation sites excluding steroid dienone is 6. The molecule has 0 spiro atoms. The van der Waals surface area contributed by atoms with Gasteiger partial charge in [0.05, 0.1) is 26.1 Å². The van der Waals surface area contributed by atoms with Gasteiger partial charge in [-0.3, -0.25) is 4.79 Å². The van der Waals surface area contributed by atoms with Crippen molar-refractivity contribution < 1.29 is 14.3 Å². The van der Waals surface area contributed by atoms with Crippen LogP contribution in [0.15, 0.2) is 54.8 Å². The van der Waals surface area contributed by atoms with Gasteiger partial charge in [0.1, 0.15) is 5.69 Å². The van der Waals surface area contributed by atoms with Crippen LogP contribution in [0.25, 0.3) is 5.70 Å². The van der Waals surface area contributed by atoms with Crippen LogP contribution >= 0.6 is 23.4 Å². The second kappa shape index (κ2) is 13.4. The molecule has 1 aromatic carbocycles. The van der Waals surface area contributed by atoms with Crippen LogP contribution in [0.1, 0.15) is 32.3 Å². The normalized spacial score (nSPS) is 15.3. The first-order valence-electron chi connectivity index (χ1n) is 11.9. The number of methoxy groups -OCH3 is 2. The molecule has 2 aromatic rings. The molecular formula is C27H34ClN3O3S. The average molecular weight is 516 g/mol. The third-order valence-corrected chi connectivity index (χ3v) is 7.03. The van der Waals surface area contributed by atoms with Gasteiger partial charge in [-0.2, -0.15) is 16.9 Å². The van der Waals surface area contributed by atoms with Crippen LogP contribution in [-0.4, -0.2) is 48.0 Å². The van der Waals surface area contributed by atoms with E-state index in [1.807, 2.05) is 49.5 Å². The van der Waals surface area contributed by atoms with Crippen molar-refractivity contribution >= 4 is 40.7 Å². The summed E-state index contributed by atoms with van der Waals surface area (Å²) in [5.74, 6) is 3.67. The zero-order valence-corrected chi connectivity index (χ0v) is 22.4. The number of anilines is 1. The average Bonchev–Trinajstić information content (AvgIpc) is 3.22. The molecular weight excluding hydrogens is 482 g/mol. The maximum absolute atomic E-state index is 13.0. The highest BCUT2D eigenvalue weighted by Gasteiger charge is 2.20. The van der Waals surface area contributed by atoms with Gasteiger partial charge in [-0.15, -0.1) is 0 Å². The number of aryl methyl sites for hydroxylation is 1. The van der Waals surface area contributed by atoms with E-state index in [9.17, 15) is 4.79 Å². The summed E-state index contributed by atoms with van der Waals surface area (Å²) in [6.45, 7) is 4.67. The first-order chi connectivity index (χ1) is 17.0. The SMILES string of the molecule is CCN(C(=O)CCSCCc1ccc(OC)c(OC)c1)c1cn(C2=CC=CC(C)CC=C2)nc1Cl. The second-order valence-corrected chi connectivity index (χ2v) is 9.86. The molecule has 1 aliphatic carbocycles. The largest absolute Gasteiger partial charge is 0.493 e. The molecule has 8 heteroatoms. The molecule has 0 fully saturated rings. The molecule has 1 amide bonds. The first kappa shape index (κ1) is 27.0. The Balaban J connectivity index is 1.54. The van der Waals surface area contributed by atoms with Gasteiger partial charge in [0.15, 0.2) is 16.7 Å². The highest BCUT2D eigenvalue weighted by atomic mass is 35.5. The minimum Gasteiger partial charge on any atom is -0.493 e. The van der Waals surface area contributed by atoms with Crippen LogP contribution in [0.5, 0.6) is 11.5 Å². The quantitative estimate of drug-likeness (QED) is 0.330. The van der Waals surface area contributed by atoms with Crippen molar-refractivity contribution in [3.05, 3.63) is 65.5 Å². The van der Waals surface area contributed by atoms with Crippen molar-refractivity contribution in [3.63, 3.8) is 0 Å². The van der Waals surface area contributed by atoms with Gasteiger partial charge >= 0.3 is 0 Å². The predicted octanol–water partition coefficient (Wildman–Crippen LogP) is 6.27. The van der Waals surface area contributed by atoms with E-state index in [1.165, 1.54) is 5.56 Å². The molecule has 0 saturated carbocycles. The van der Waals surface area contributed by atoms with Crippen LogP contribution in [0.2, 0.25) is 5.15 Å². The molecule has 1 unspecified atom stereocenters. The molecule has 0 aliphatic heterocycles. The van der Waals surface area contributed by atoms with Gasteiger partial charge in [0, 0.05) is 18.7 Å². The van der Waals surface area contributed by atoms with Crippen LogP contribution in [0.3, 0.4) is 0 Å². The second-order valence-electron chi connectivity index (χ2n) is 8.28. The molecule has 0 saturated heterocycles. The zero-order chi connectivity index (χ0) is 25.2. The Morgan fingerprint density at radius 1 is 1.26 bits per heavy atom. The Morgan fingerprint density at radius 3 is 2.80 bits per heavy atom. The van der Waals surface area contributed by atoms with E-state index in [4.69, 9.17) is 21.1 Å². The number of halogens is 1. The Bertz CT molecular complexity index is 1090. The van der Waals surface area contributed by atoms with Gasteiger partial charge in [-0.05, 0) is 61.3 Å². The van der Waals surface area contributed by atoms with Gasteiger partial charge in [-0.25, -0.2) is 4.68 Å². The highest BCUT2D eigenvalue weighted by molar-refractivity contribution is 7.99. The molecule has 1 aliphatic rings. The number of hydrogen-bond donors (Lipinski definition) is 0. The van der Waals surface area contributed by atoms with Crippen molar-refractivity contribution in [2.75, 3.05) is 37.2 Å². The minimum atomic E-state index is 0.0449. The Morgan fingerprint density at radius 2 is 2.06 bits per heavy atom. The standard InChI is InChI=1S/C27H34ClN3O3S/c1-5-30(23-19-31(29-27(23)28)22-10-6-8-20(2)9-7-11-22)26(32)15-17-35-16-14-21-12-13-24(33-3)25(18-21)34-4/h6-8,10-13,18-20H,5,9,14-17H2,1-4H3. The lowest BCUT2D eigenvalue weighted by Gasteiger charge is -2.19. The van der Waals surface area contributed by atoms with E-state index in [-0.39, 0.29) is 5.91 Å². The third-order valence-electron chi connectivity index (χ3n) is 5.77. The molecule has 0 radical (unpaired) electrons. The molecule has 0 N–H and O–H groups in total. The lowest BCUT2D eigenvalue weighted by Crippen LogP contribution is -2.30. The van der Waals surface area contributed by atoms with E-state index >= 15 is 0 Å². The number of hydrogen-bond acceptors (Lipinski definition) is 5. The minimum absolute atomic E-state index is 0.0449. The molecule has 1 heterocycles. The fourth-order valence-corrected chi connectivity index (χ4v) is 4.93. The number of carbonyl (C=O) groups is 1. The number of nitrogens with zero attached hydrogens (tertiary/aromatic N) is 3. The summed E-state index contributed by atoms with van der Waals surface area (Å²) in [7, 11) is 3.27. The number of amides is 1. The summed E-state index contributed by atoms with van der Waals surface area (Å²) in [6.07, 6.45) is 14.5. The summed E-state index contributed by atoms with van der Waals surface area (Å²) >= 11 is 8.22. The summed E-state index contributed by atoms with van der Waals surface area (Å²) in [4.78, 5) is 14.7. The molecule has 188 valence electrons. The Labute approximate surface area is 217 Å². The molecule has 35 heavy (non-hydrogen) atoms. The Hall–Kier alpha value is -2.64. The van der Waals surface area contributed by atoms with Crippen molar-refractivity contribution in [3.8, 4) is 11.5 Å². The molecule has 3 rings (SSSR count). The van der Waals surface area contributed by atoms with Crippen LogP contribution in [0.4, 0.5) is 5.69 Å². The van der Waals surface area contributed by atoms with Gasteiger partial charge in [0.2, 0.25) is 5.91 Å². The van der Waals surface area contributed by atoms with Crippen molar-refractivity contribution in [2.24, 2.45) is 5.92 Å². The summed E-state index contributed by atoms with van der Waals surface area (Å²) in [6, 6.07) is 5.97. The van der Waals surface area contributed by atoms with E-state index < -0.39 is 0 Å². The van der Waals surface area contributed by atoms with Gasteiger partial charge in [0.25, 0.3) is 0 Å². The lowest BCUT2D eigenvalue weighted by atomic mass is 10.1. The summed E-state index contributed by atoms with van der Waals surface area (Å²) < 4.78 is 12.4. The highest BCUT2D eigenvalue weighted by Crippen LogP contribution is 2.29. The smallest absolute Gasteiger partial charge is 0.227 e. The number of thioether (sulfide) groups is 1. The first-order valence-corrected chi connectivity index (χ1v) is 13.4. The van der Waals surface area contributed by atoms with Crippen molar-refractivity contribution in [1.82, 2.24) is 9.78 Å². The molecule has 1 aromatic heterocycles. The Kier molecular flexibility index (Phi) is 10.4. The van der Waals surface area contributed by atoms with E-state index in [0.717, 1.165) is 41.5 Å². The number of carbonyl (C=O) groups excluding carboxylic acids is 1. The maximum Gasteiger partial charge on any atom is 0.227 e. The van der Waals surface area contributed by atoms with Crippen LogP contribution < -0.4 is 14.4 Å². The van der Waals surface area contributed by atoms with Crippen LogP contribution in [-0.2, 0) is 11.2 Å². The van der Waals surface area contributed by atoms with Crippen LogP contribution in [0, 0.1) is 5.92 Å². The number of ether oxygens (including phenoxy) is 2. The molecule has 6 nitrogen and oxygen atoms in total. The van der Waals surface area contributed by atoms with Crippen molar-refractivity contribution in [2.45, 2.75) is 33.1 Å². The number of aromatic nitrogens is 2. The summed E-state index contributed by atoms with van der Waals surface area (Å²) in [5.41, 5.74) is 2.73. The van der Waals surface area contributed by atoms with Crippen molar-refractivity contribution in [1.29, 1.82) is 0 Å². The monoisotopic (exact) mass is 515 g/mol. The maximum atomic E-state index is 13.0. The molecule has 0 bridgehead atoms. The van der Waals surface area contributed by atoms with E-state index in [1.54, 1.807) is 35.6 Å². The van der Waals surface area contributed by atoms with Gasteiger partial charge < -0.3 is 14.4 Å². The topological polar surface area (TPSA) is 56.6 Å². The number of benzene rings is 1. The van der Waals surface area contributed by atoms with E-state index in [0.29, 0.717) is 29.7 Å². The predicted molar refractivity (Wildman–Crippen MR) is 147 cm³/mol. The number of rotatable bonds is 11. The summed E-state index contributed by atoms with van der Waals surface area (Å²) in [5, 5.41) is 4.79. The zero-order valence-electron chi connectivity index (χ0n) is 20.9. The fourth-order valence-electron chi connectivity index (χ4n) is 3.79.